The Balaban J connectivity index is 1.78. The Morgan fingerprint density at radius 3 is 2.80 bits per heavy atom. The first-order chi connectivity index (χ1) is 12.0. The van der Waals surface area contributed by atoms with E-state index in [1.165, 1.54) is 4.57 Å². The fourth-order valence-corrected chi connectivity index (χ4v) is 3.34. The molecule has 0 saturated carbocycles. The van der Waals surface area contributed by atoms with E-state index in [9.17, 15) is 14.4 Å². The Morgan fingerprint density at radius 2 is 2.08 bits per heavy atom. The molecule has 0 spiro atoms. The average molecular weight is 347 g/mol. The summed E-state index contributed by atoms with van der Waals surface area (Å²) in [6.07, 6.45) is 0. The van der Waals surface area contributed by atoms with Gasteiger partial charge in [0, 0.05) is 33.2 Å². The Hall–Kier alpha value is -2.61. The Bertz CT molecular complexity index is 840. The van der Waals surface area contributed by atoms with E-state index in [2.05, 4.69) is 5.32 Å². The van der Waals surface area contributed by atoms with Crippen molar-refractivity contribution < 1.29 is 18.7 Å². The number of carbonyl (C=O) groups is 2. The van der Waals surface area contributed by atoms with Crippen molar-refractivity contribution in [2.75, 3.05) is 33.9 Å². The normalized spacial score (nSPS) is 20.2. The van der Waals surface area contributed by atoms with Gasteiger partial charge in [-0.2, -0.15) is 0 Å². The highest BCUT2D eigenvalue weighted by molar-refractivity contribution is 5.83. The van der Waals surface area contributed by atoms with E-state index in [1.54, 1.807) is 43.3 Å². The van der Waals surface area contributed by atoms with Crippen LogP contribution in [0.25, 0.3) is 11.1 Å². The van der Waals surface area contributed by atoms with Gasteiger partial charge in [-0.15, -0.1) is 0 Å². The van der Waals surface area contributed by atoms with Gasteiger partial charge in [-0.25, -0.2) is 4.79 Å². The number of benzene rings is 1. The van der Waals surface area contributed by atoms with Crippen molar-refractivity contribution in [2.24, 2.45) is 11.8 Å². The van der Waals surface area contributed by atoms with Crippen LogP contribution in [0.2, 0.25) is 0 Å². The summed E-state index contributed by atoms with van der Waals surface area (Å²) < 4.78 is 11.6. The van der Waals surface area contributed by atoms with Crippen LogP contribution in [0.5, 0.6) is 0 Å². The van der Waals surface area contributed by atoms with Crippen LogP contribution in [-0.2, 0) is 20.9 Å². The molecule has 3 rings (SSSR count). The van der Waals surface area contributed by atoms with E-state index < -0.39 is 5.76 Å². The molecule has 2 aromatic rings. The summed E-state index contributed by atoms with van der Waals surface area (Å²) in [5.74, 6) is -1.27. The van der Waals surface area contributed by atoms with Crippen molar-refractivity contribution in [2.45, 2.75) is 6.54 Å². The van der Waals surface area contributed by atoms with E-state index in [-0.39, 0.29) is 30.2 Å². The second-order valence-corrected chi connectivity index (χ2v) is 6.16. The minimum atomic E-state index is -0.565. The molecular weight excluding hydrogens is 326 g/mol. The van der Waals surface area contributed by atoms with E-state index in [4.69, 9.17) is 9.15 Å². The van der Waals surface area contributed by atoms with Gasteiger partial charge in [0.1, 0.15) is 6.54 Å². The summed E-state index contributed by atoms with van der Waals surface area (Å²) >= 11 is 0. The molecule has 1 aromatic carbocycles. The SMILES string of the molecule is CNC(=O)[C@@H]1CN(C(=O)Cn2c(=O)oc3ccccc32)C[C@H]1COC. The number of rotatable bonds is 5. The predicted octanol–water partition coefficient (Wildman–Crippen LogP) is 0.0615. The van der Waals surface area contributed by atoms with Crippen molar-refractivity contribution in [1.29, 1.82) is 0 Å². The topological polar surface area (TPSA) is 93.8 Å². The zero-order valence-corrected chi connectivity index (χ0v) is 14.2. The molecular formula is C17H21N3O5. The zero-order chi connectivity index (χ0) is 18.0. The average Bonchev–Trinajstić information content (AvgIpc) is 3.16. The van der Waals surface area contributed by atoms with Gasteiger partial charge < -0.3 is 19.4 Å². The summed E-state index contributed by atoms with van der Waals surface area (Å²) in [7, 11) is 3.15. The Kier molecular flexibility index (Phi) is 4.89. The number of likely N-dealkylation sites (tertiary alicyclic amines) is 1. The fraction of sp³-hybridized carbons (Fsp3) is 0.471. The maximum Gasteiger partial charge on any atom is 0.420 e. The number of nitrogens with zero attached hydrogens (tertiary/aromatic N) is 2. The number of para-hydroxylation sites is 2. The van der Waals surface area contributed by atoms with Gasteiger partial charge in [0.15, 0.2) is 5.58 Å². The lowest BCUT2D eigenvalue weighted by Gasteiger charge is -2.16. The first kappa shape index (κ1) is 17.2. The first-order valence-electron chi connectivity index (χ1n) is 8.11. The molecule has 1 N–H and O–H groups in total. The van der Waals surface area contributed by atoms with Crippen LogP contribution in [0.15, 0.2) is 33.5 Å². The number of nitrogens with one attached hydrogen (secondary N) is 1. The quantitative estimate of drug-likeness (QED) is 0.826. The number of oxazole rings is 1. The van der Waals surface area contributed by atoms with Gasteiger partial charge in [0.25, 0.3) is 0 Å². The Morgan fingerprint density at radius 1 is 1.32 bits per heavy atom. The molecule has 8 heteroatoms. The highest BCUT2D eigenvalue weighted by Crippen LogP contribution is 2.24. The summed E-state index contributed by atoms with van der Waals surface area (Å²) in [5.41, 5.74) is 1.03. The van der Waals surface area contributed by atoms with Crippen LogP contribution < -0.4 is 11.1 Å². The number of hydrogen-bond donors (Lipinski definition) is 1. The molecule has 1 aliphatic heterocycles. The van der Waals surface area contributed by atoms with Crippen molar-refractivity contribution in [3.63, 3.8) is 0 Å². The predicted molar refractivity (Wildman–Crippen MR) is 90.0 cm³/mol. The lowest BCUT2D eigenvalue weighted by molar-refractivity contribution is -0.131. The molecule has 2 amide bonds. The monoisotopic (exact) mass is 347 g/mol. The van der Waals surface area contributed by atoms with E-state index >= 15 is 0 Å². The molecule has 1 fully saturated rings. The molecule has 8 nitrogen and oxygen atoms in total. The number of amides is 2. The lowest BCUT2D eigenvalue weighted by Crippen LogP contribution is -2.36. The number of fused-ring (bicyclic) bond motifs is 1. The van der Waals surface area contributed by atoms with Crippen LogP contribution in [0.1, 0.15) is 0 Å². The first-order valence-corrected chi connectivity index (χ1v) is 8.11. The maximum atomic E-state index is 12.7. The van der Waals surface area contributed by atoms with Crippen molar-refractivity contribution >= 4 is 22.9 Å². The second-order valence-electron chi connectivity index (χ2n) is 6.16. The van der Waals surface area contributed by atoms with Gasteiger partial charge in [0.05, 0.1) is 18.0 Å². The van der Waals surface area contributed by atoms with E-state index in [1.807, 2.05) is 0 Å². The maximum absolute atomic E-state index is 12.7. The van der Waals surface area contributed by atoms with Gasteiger partial charge >= 0.3 is 5.76 Å². The lowest BCUT2D eigenvalue weighted by atomic mass is 9.96. The van der Waals surface area contributed by atoms with Gasteiger partial charge in [-0.3, -0.25) is 14.2 Å². The molecule has 25 heavy (non-hydrogen) atoms. The molecule has 134 valence electrons. The van der Waals surface area contributed by atoms with Crippen molar-refractivity contribution in [3.8, 4) is 0 Å². The van der Waals surface area contributed by atoms with Crippen LogP contribution >= 0.6 is 0 Å². The largest absolute Gasteiger partial charge is 0.420 e. The molecule has 2 heterocycles. The second kappa shape index (κ2) is 7.10. The summed E-state index contributed by atoms with van der Waals surface area (Å²) in [5, 5.41) is 2.63. The number of carbonyl (C=O) groups excluding carboxylic acids is 2. The third-order valence-corrected chi connectivity index (χ3v) is 4.62. The van der Waals surface area contributed by atoms with E-state index in [0.29, 0.717) is 30.8 Å². The molecule has 0 bridgehead atoms. The fourth-order valence-electron chi connectivity index (χ4n) is 3.34. The molecule has 2 atom stereocenters. The minimum Gasteiger partial charge on any atom is -0.408 e. The van der Waals surface area contributed by atoms with Crippen molar-refractivity contribution in [1.82, 2.24) is 14.8 Å². The smallest absolute Gasteiger partial charge is 0.408 e. The summed E-state index contributed by atoms with van der Waals surface area (Å²) in [6, 6.07) is 6.97. The number of methoxy groups -OCH3 is 1. The van der Waals surface area contributed by atoms with Gasteiger partial charge in [-0.1, -0.05) is 12.1 Å². The van der Waals surface area contributed by atoms with Crippen LogP contribution in [0.3, 0.4) is 0 Å². The third kappa shape index (κ3) is 3.30. The molecule has 0 radical (unpaired) electrons. The number of ether oxygens (including phenoxy) is 1. The molecule has 0 unspecified atom stereocenters. The van der Waals surface area contributed by atoms with Crippen LogP contribution in [-0.4, -0.2) is 55.1 Å². The molecule has 1 saturated heterocycles. The van der Waals surface area contributed by atoms with Gasteiger partial charge in [0.2, 0.25) is 11.8 Å². The highest BCUT2D eigenvalue weighted by Gasteiger charge is 2.39. The molecule has 1 aliphatic rings. The van der Waals surface area contributed by atoms with Crippen LogP contribution in [0, 0.1) is 11.8 Å². The standard InChI is InChI=1S/C17H21N3O5/c1-18-16(22)12-8-19(7-11(12)10-24-2)15(21)9-20-13-5-3-4-6-14(13)25-17(20)23/h3-6,11-12H,7-10H2,1-2H3,(H,18,22)/t11-,12+/m0/s1. The summed E-state index contributed by atoms with van der Waals surface area (Å²) in [4.78, 5) is 38.3. The van der Waals surface area contributed by atoms with Crippen molar-refractivity contribution in [3.05, 3.63) is 34.8 Å². The third-order valence-electron chi connectivity index (χ3n) is 4.62. The number of hydrogen-bond acceptors (Lipinski definition) is 5. The Labute approximate surface area is 144 Å². The number of aromatic nitrogens is 1. The summed E-state index contributed by atoms with van der Waals surface area (Å²) in [6.45, 7) is 1.03. The van der Waals surface area contributed by atoms with Crippen LogP contribution in [0.4, 0.5) is 0 Å². The highest BCUT2D eigenvalue weighted by atomic mass is 16.5. The minimum absolute atomic E-state index is 0.0632. The zero-order valence-electron chi connectivity index (χ0n) is 14.2. The molecule has 1 aromatic heterocycles. The van der Waals surface area contributed by atoms with E-state index in [0.717, 1.165) is 0 Å². The molecule has 0 aliphatic carbocycles. The van der Waals surface area contributed by atoms with Gasteiger partial charge in [-0.05, 0) is 12.1 Å².